The van der Waals surface area contributed by atoms with Crippen LogP contribution in [0, 0.1) is 5.82 Å². The average Bonchev–Trinajstić information content (AvgIpc) is 3.15. The number of carbonyl (C=O) groups is 2. The fraction of sp³-hybridized carbons (Fsp3) is 0.312. The van der Waals surface area contributed by atoms with E-state index in [4.69, 9.17) is 22.1 Å². The molecule has 1 aromatic carbocycles. The van der Waals surface area contributed by atoms with Gasteiger partial charge < -0.3 is 10.5 Å². The van der Waals surface area contributed by atoms with Crippen molar-refractivity contribution >= 4 is 23.6 Å². The van der Waals surface area contributed by atoms with Crippen LogP contribution in [0.3, 0.4) is 0 Å². The van der Waals surface area contributed by atoms with Crippen LogP contribution in [0.5, 0.6) is 0 Å². The first-order chi connectivity index (χ1) is 13.0. The first kappa shape index (κ1) is 19.9. The molecule has 1 aliphatic rings. The Morgan fingerprint density at radius 3 is 2.57 bits per heavy atom. The molecule has 0 saturated carbocycles. The lowest BCUT2D eigenvalue weighted by Gasteiger charge is -2.26. The van der Waals surface area contributed by atoms with E-state index in [0.29, 0.717) is 0 Å². The summed E-state index contributed by atoms with van der Waals surface area (Å²) >= 11 is 5.80. The number of amides is 2. The molecule has 2 aromatic rings. The van der Waals surface area contributed by atoms with Crippen LogP contribution >= 0.6 is 11.6 Å². The third kappa shape index (κ3) is 3.61. The Labute approximate surface area is 160 Å². The van der Waals surface area contributed by atoms with Crippen LogP contribution in [0.1, 0.15) is 23.0 Å². The minimum Gasteiger partial charge on any atom is -0.434 e. The Hall–Kier alpha value is -2.82. The van der Waals surface area contributed by atoms with E-state index < -0.39 is 41.8 Å². The van der Waals surface area contributed by atoms with E-state index >= 15 is 0 Å². The maximum absolute atomic E-state index is 13.6. The highest BCUT2D eigenvalue weighted by Gasteiger charge is 2.43. The zero-order chi connectivity index (χ0) is 20.8. The van der Waals surface area contributed by atoms with Gasteiger partial charge >= 0.3 is 12.3 Å². The van der Waals surface area contributed by atoms with E-state index in [1.807, 2.05) is 0 Å². The minimum absolute atomic E-state index is 0.0444. The normalized spacial score (nSPS) is 18.3. The van der Waals surface area contributed by atoms with E-state index in [0.717, 1.165) is 21.7 Å². The summed E-state index contributed by atoms with van der Waals surface area (Å²) in [7, 11) is 1.26. The molecule has 2 atom stereocenters. The van der Waals surface area contributed by atoms with Gasteiger partial charge in [-0.2, -0.15) is 18.3 Å². The molecule has 28 heavy (non-hydrogen) atoms. The highest BCUT2D eigenvalue weighted by Crippen LogP contribution is 2.37. The molecule has 0 aliphatic carbocycles. The molecule has 0 bridgehead atoms. The molecule has 1 fully saturated rings. The summed E-state index contributed by atoms with van der Waals surface area (Å²) in [5, 5.41) is 3.14. The van der Waals surface area contributed by atoms with Crippen LogP contribution in [0.15, 0.2) is 24.3 Å². The van der Waals surface area contributed by atoms with Crippen LogP contribution in [-0.2, 0) is 22.8 Å². The van der Waals surface area contributed by atoms with E-state index in [1.54, 1.807) is 0 Å². The van der Waals surface area contributed by atoms with Crippen molar-refractivity contribution in [3.63, 3.8) is 0 Å². The third-order valence-electron chi connectivity index (χ3n) is 4.22. The largest absolute Gasteiger partial charge is 0.435 e. The summed E-state index contributed by atoms with van der Waals surface area (Å²) in [6.07, 6.45) is -6.97. The van der Waals surface area contributed by atoms with Gasteiger partial charge in [0.05, 0.1) is 17.3 Å². The molecule has 1 aromatic heterocycles. The summed E-state index contributed by atoms with van der Waals surface area (Å²) in [6, 6.07) is 3.03. The second-order valence-corrected chi connectivity index (χ2v) is 6.49. The van der Waals surface area contributed by atoms with Crippen molar-refractivity contribution in [1.82, 2.24) is 14.7 Å². The molecule has 1 saturated heterocycles. The van der Waals surface area contributed by atoms with Crippen molar-refractivity contribution in [3.05, 3.63) is 52.1 Å². The number of primary amides is 1. The van der Waals surface area contributed by atoms with Gasteiger partial charge in [0.15, 0.2) is 11.8 Å². The lowest BCUT2D eigenvalue weighted by atomic mass is 10.0. The van der Waals surface area contributed by atoms with Crippen molar-refractivity contribution in [2.24, 2.45) is 12.8 Å². The number of nitrogens with two attached hydrogens (primary N) is 1. The third-order valence-corrected chi connectivity index (χ3v) is 4.50. The lowest BCUT2D eigenvalue weighted by molar-refractivity contribution is -0.141. The molecular weight excluding hydrogens is 408 g/mol. The predicted molar refractivity (Wildman–Crippen MR) is 87.6 cm³/mol. The number of benzene rings is 1. The number of ether oxygens (including phenoxy) is 1. The Morgan fingerprint density at radius 2 is 2.07 bits per heavy atom. The van der Waals surface area contributed by atoms with Gasteiger partial charge in [0, 0.05) is 7.05 Å². The number of hydrogen-bond acceptors (Lipinski definition) is 4. The topological polar surface area (TPSA) is 90.5 Å². The van der Waals surface area contributed by atoms with Gasteiger partial charge in [0.1, 0.15) is 11.9 Å². The van der Waals surface area contributed by atoms with Gasteiger partial charge in [-0.05, 0) is 23.8 Å². The summed E-state index contributed by atoms with van der Waals surface area (Å²) in [5.74, 6) is -1.66. The molecule has 2 heterocycles. The van der Waals surface area contributed by atoms with Gasteiger partial charge in [-0.25, -0.2) is 9.18 Å². The molecule has 1 aliphatic heterocycles. The molecule has 150 valence electrons. The molecule has 3 rings (SSSR count). The highest BCUT2D eigenvalue weighted by atomic mass is 35.5. The van der Waals surface area contributed by atoms with Crippen molar-refractivity contribution in [1.29, 1.82) is 0 Å². The quantitative estimate of drug-likeness (QED) is 0.770. The summed E-state index contributed by atoms with van der Waals surface area (Å²) in [5.41, 5.74) is 4.13. The minimum atomic E-state index is -4.72. The predicted octanol–water partition coefficient (Wildman–Crippen LogP) is 2.63. The Bertz CT molecular complexity index is 946. The number of aryl methyl sites for hydroxylation is 1. The number of alkyl halides is 3. The molecule has 2 N–H and O–H groups in total. The lowest BCUT2D eigenvalue weighted by Crippen LogP contribution is -2.35. The molecule has 0 radical (unpaired) electrons. The number of carbonyl (C=O) groups excluding carboxylic acids is 2. The number of halogens is 5. The second kappa shape index (κ2) is 6.97. The smallest absolute Gasteiger partial charge is 0.434 e. The maximum atomic E-state index is 13.6. The van der Waals surface area contributed by atoms with E-state index in [1.165, 1.54) is 19.2 Å². The number of cyclic esters (lactones) is 1. The molecule has 0 spiro atoms. The van der Waals surface area contributed by atoms with Crippen LogP contribution in [0.2, 0.25) is 5.02 Å². The van der Waals surface area contributed by atoms with Gasteiger partial charge in [-0.1, -0.05) is 17.7 Å². The molecule has 7 nitrogen and oxygen atoms in total. The number of hydrogen-bond donors (Lipinski definition) is 1. The Balaban J connectivity index is 2.13. The van der Waals surface area contributed by atoms with Crippen molar-refractivity contribution in [2.45, 2.75) is 18.3 Å². The van der Waals surface area contributed by atoms with E-state index in [-0.39, 0.29) is 22.8 Å². The summed E-state index contributed by atoms with van der Waals surface area (Å²) in [4.78, 5) is 24.7. The van der Waals surface area contributed by atoms with Gasteiger partial charge in [0.2, 0.25) is 0 Å². The average molecular weight is 421 g/mol. The summed E-state index contributed by atoms with van der Waals surface area (Å²) < 4.78 is 58.6. The van der Waals surface area contributed by atoms with Gasteiger partial charge in [-0.3, -0.25) is 14.4 Å². The Morgan fingerprint density at radius 1 is 1.39 bits per heavy atom. The summed E-state index contributed by atoms with van der Waals surface area (Å²) in [6.45, 7) is -0.305. The molecular formula is C16H13ClF4N4O3. The maximum Gasteiger partial charge on any atom is 0.435 e. The number of rotatable bonds is 4. The van der Waals surface area contributed by atoms with Crippen LogP contribution in [0.4, 0.5) is 22.4 Å². The van der Waals surface area contributed by atoms with Crippen LogP contribution in [0.25, 0.3) is 0 Å². The number of aromatic nitrogens is 2. The fourth-order valence-electron chi connectivity index (χ4n) is 2.91. The number of nitrogens with zero attached hydrogens (tertiary/aromatic N) is 3. The van der Waals surface area contributed by atoms with Gasteiger partial charge in [-0.15, -0.1) is 0 Å². The monoisotopic (exact) mass is 420 g/mol. The van der Waals surface area contributed by atoms with Crippen molar-refractivity contribution in [3.8, 4) is 0 Å². The van der Waals surface area contributed by atoms with Crippen LogP contribution in [-0.4, -0.2) is 39.3 Å². The standard InChI is InChI=1S/C16H13ClF4N4O3/c1-24-10(5-12(23-24)16(19,20)21)13(7-2-3-9(18)8(17)4-7)25-6-11(14(22)26)28-15(25)27/h2-5,11,13H,6H2,1H3,(H2,22,26)/t11?,13-/m1/s1. The second-order valence-electron chi connectivity index (χ2n) is 6.08. The van der Waals surface area contributed by atoms with Gasteiger partial charge in [0.25, 0.3) is 5.91 Å². The first-order valence-electron chi connectivity index (χ1n) is 7.81. The first-order valence-corrected chi connectivity index (χ1v) is 8.19. The molecule has 1 unspecified atom stereocenters. The Kier molecular flexibility index (Phi) is 4.96. The van der Waals surface area contributed by atoms with Crippen molar-refractivity contribution < 1.29 is 31.9 Å². The highest BCUT2D eigenvalue weighted by molar-refractivity contribution is 6.30. The molecule has 12 heteroatoms. The van der Waals surface area contributed by atoms with E-state index in [9.17, 15) is 27.2 Å². The zero-order valence-corrected chi connectivity index (χ0v) is 15.0. The fourth-order valence-corrected chi connectivity index (χ4v) is 3.10. The zero-order valence-electron chi connectivity index (χ0n) is 14.2. The van der Waals surface area contributed by atoms with E-state index in [2.05, 4.69) is 5.10 Å². The molecule has 2 amide bonds. The van der Waals surface area contributed by atoms with Crippen molar-refractivity contribution in [2.75, 3.05) is 6.54 Å². The SMILES string of the molecule is Cn1nc(C(F)(F)F)cc1[C@@H](c1ccc(F)c(Cl)c1)N1CC(C(N)=O)OC1=O. The van der Waals surface area contributed by atoms with Crippen LogP contribution < -0.4 is 5.73 Å².